The number of hydrogen-bond donors (Lipinski definition) is 2. The number of amides is 1. The third-order valence-corrected chi connectivity index (χ3v) is 2.86. The fourth-order valence-electron chi connectivity index (χ4n) is 1.76. The van der Waals surface area contributed by atoms with Crippen molar-refractivity contribution < 1.29 is 13.9 Å². The highest BCUT2D eigenvalue weighted by Crippen LogP contribution is 2.21. The van der Waals surface area contributed by atoms with Gasteiger partial charge in [-0.2, -0.15) is 0 Å². The summed E-state index contributed by atoms with van der Waals surface area (Å²) < 4.78 is 19.0. The molecule has 0 radical (unpaired) electrons. The summed E-state index contributed by atoms with van der Waals surface area (Å²) in [5, 5.41) is 5.86. The van der Waals surface area contributed by atoms with Crippen molar-refractivity contribution in [1.29, 1.82) is 0 Å². The van der Waals surface area contributed by atoms with Crippen LogP contribution in [0.2, 0.25) is 0 Å². The summed E-state index contributed by atoms with van der Waals surface area (Å²) in [6, 6.07) is 4.30. The zero-order valence-electron chi connectivity index (χ0n) is 12.6. The van der Waals surface area contributed by atoms with Crippen LogP contribution in [0.25, 0.3) is 0 Å². The predicted octanol–water partition coefficient (Wildman–Crippen LogP) is 2.39. The van der Waals surface area contributed by atoms with Gasteiger partial charge in [0.05, 0.1) is 0 Å². The molecule has 0 aliphatic heterocycles. The molecule has 1 amide bonds. The zero-order valence-corrected chi connectivity index (χ0v) is 12.6. The van der Waals surface area contributed by atoms with E-state index in [1.807, 2.05) is 0 Å². The van der Waals surface area contributed by atoms with Gasteiger partial charge in [-0.3, -0.25) is 4.79 Å². The first-order valence-corrected chi connectivity index (χ1v) is 7.12. The van der Waals surface area contributed by atoms with Gasteiger partial charge in [0.1, 0.15) is 11.6 Å². The number of nitrogens with one attached hydrogen (secondary N) is 2. The highest BCUT2D eigenvalue weighted by molar-refractivity contribution is 5.80. The molecule has 0 fully saturated rings. The van der Waals surface area contributed by atoms with E-state index in [-0.39, 0.29) is 11.7 Å². The molecule has 2 N–H and O–H groups in total. The van der Waals surface area contributed by atoms with Crippen molar-refractivity contribution in [2.24, 2.45) is 0 Å². The molecule has 0 aliphatic carbocycles. The molecule has 0 aliphatic rings. The Labute approximate surface area is 125 Å². The minimum Gasteiger partial charge on any atom is -0.481 e. The molecular formula is C16H23FN2O2. The molecular weight excluding hydrogens is 271 g/mol. The van der Waals surface area contributed by atoms with Crippen LogP contribution in [0.4, 0.5) is 4.39 Å². The first kappa shape index (κ1) is 17.2. The zero-order chi connectivity index (χ0) is 15.7. The number of rotatable bonds is 9. The normalized spacial score (nSPS) is 11.8. The summed E-state index contributed by atoms with van der Waals surface area (Å²) in [6.07, 6.45) is 1.94. The standard InChI is InChI=1S/C16H23FN2O2/c1-4-8-18-11-13-10-14(17)6-7-15(13)21-12(3)16(20)19-9-5-2/h5-7,10,12,18H,2,4,8-9,11H2,1,3H3,(H,19,20). The second-order valence-corrected chi connectivity index (χ2v) is 4.72. The van der Waals surface area contributed by atoms with Crippen molar-refractivity contribution in [3.63, 3.8) is 0 Å². The molecule has 0 spiro atoms. The van der Waals surface area contributed by atoms with Crippen LogP contribution in [0.15, 0.2) is 30.9 Å². The van der Waals surface area contributed by atoms with E-state index in [0.29, 0.717) is 24.4 Å². The third-order valence-electron chi connectivity index (χ3n) is 2.86. The van der Waals surface area contributed by atoms with Gasteiger partial charge in [-0.15, -0.1) is 6.58 Å². The van der Waals surface area contributed by atoms with Gasteiger partial charge in [0, 0.05) is 18.7 Å². The minimum absolute atomic E-state index is 0.230. The van der Waals surface area contributed by atoms with Crippen LogP contribution < -0.4 is 15.4 Å². The van der Waals surface area contributed by atoms with E-state index in [9.17, 15) is 9.18 Å². The van der Waals surface area contributed by atoms with Crippen molar-refractivity contribution in [3.05, 3.63) is 42.2 Å². The van der Waals surface area contributed by atoms with E-state index in [1.54, 1.807) is 19.1 Å². The van der Waals surface area contributed by atoms with E-state index in [1.165, 1.54) is 12.1 Å². The fourth-order valence-corrected chi connectivity index (χ4v) is 1.76. The molecule has 1 aromatic rings. The molecule has 116 valence electrons. The Kier molecular flexibility index (Phi) is 7.46. The van der Waals surface area contributed by atoms with Crippen LogP contribution in [0.5, 0.6) is 5.75 Å². The molecule has 4 nitrogen and oxygen atoms in total. The maximum atomic E-state index is 13.3. The summed E-state index contributed by atoms with van der Waals surface area (Å²) in [7, 11) is 0. The van der Waals surface area contributed by atoms with Crippen LogP contribution >= 0.6 is 0 Å². The van der Waals surface area contributed by atoms with Crippen molar-refractivity contribution in [3.8, 4) is 5.75 Å². The van der Waals surface area contributed by atoms with Crippen molar-refractivity contribution >= 4 is 5.91 Å². The van der Waals surface area contributed by atoms with Gasteiger partial charge in [0.25, 0.3) is 5.91 Å². The number of carbonyl (C=O) groups is 1. The smallest absolute Gasteiger partial charge is 0.261 e. The van der Waals surface area contributed by atoms with E-state index in [2.05, 4.69) is 24.1 Å². The van der Waals surface area contributed by atoms with Crippen LogP contribution in [0.3, 0.4) is 0 Å². The minimum atomic E-state index is -0.652. The van der Waals surface area contributed by atoms with Gasteiger partial charge in [0.2, 0.25) is 0 Å². The molecule has 1 rings (SSSR count). The quantitative estimate of drug-likeness (QED) is 0.543. The average Bonchev–Trinajstić information content (AvgIpc) is 2.47. The van der Waals surface area contributed by atoms with Gasteiger partial charge >= 0.3 is 0 Å². The first-order chi connectivity index (χ1) is 10.1. The Balaban J connectivity index is 2.72. The molecule has 1 atom stereocenters. The second-order valence-electron chi connectivity index (χ2n) is 4.72. The highest BCUT2D eigenvalue weighted by Gasteiger charge is 2.15. The number of ether oxygens (including phenoxy) is 1. The molecule has 5 heteroatoms. The van der Waals surface area contributed by atoms with Gasteiger partial charge in [-0.25, -0.2) is 4.39 Å². The van der Waals surface area contributed by atoms with Crippen LogP contribution in [0, 0.1) is 5.82 Å². The summed E-state index contributed by atoms with van der Waals surface area (Å²) >= 11 is 0. The Bertz CT molecular complexity index is 477. The van der Waals surface area contributed by atoms with Gasteiger partial charge in [-0.1, -0.05) is 13.0 Å². The fraction of sp³-hybridized carbons (Fsp3) is 0.438. The van der Waals surface area contributed by atoms with E-state index >= 15 is 0 Å². The lowest BCUT2D eigenvalue weighted by atomic mass is 10.2. The molecule has 1 aromatic carbocycles. The molecule has 0 aromatic heterocycles. The number of benzene rings is 1. The largest absolute Gasteiger partial charge is 0.481 e. The SMILES string of the molecule is C=CCNC(=O)C(C)Oc1ccc(F)cc1CNCCC. The number of halogens is 1. The molecule has 0 bridgehead atoms. The summed E-state index contributed by atoms with van der Waals surface area (Å²) in [6.45, 7) is 8.98. The van der Waals surface area contributed by atoms with Gasteiger partial charge in [0.15, 0.2) is 6.10 Å². The lowest BCUT2D eigenvalue weighted by molar-refractivity contribution is -0.127. The topological polar surface area (TPSA) is 50.4 Å². The van der Waals surface area contributed by atoms with Crippen molar-refractivity contribution in [1.82, 2.24) is 10.6 Å². The van der Waals surface area contributed by atoms with E-state index in [0.717, 1.165) is 13.0 Å². The summed E-state index contributed by atoms with van der Waals surface area (Å²) in [5.74, 6) is -0.0349. The predicted molar refractivity (Wildman–Crippen MR) is 81.7 cm³/mol. The van der Waals surface area contributed by atoms with Gasteiger partial charge < -0.3 is 15.4 Å². The molecule has 21 heavy (non-hydrogen) atoms. The van der Waals surface area contributed by atoms with Crippen molar-refractivity contribution in [2.45, 2.75) is 32.9 Å². The van der Waals surface area contributed by atoms with Crippen LogP contribution in [0.1, 0.15) is 25.8 Å². The lowest BCUT2D eigenvalue weighted by Gasteiger charge is -2.17. The molecule has 0 saturated heterocycles. The number of hydrogen-bond acceptors (Lipinski definition) is 3. The second kappa shape index (κ2) is 9.13. The summed E-state index contributed by atoms with van der Waals surface area (Å²) in [5.41, 5.74) is 0.701. The third kappa shape index (κ3) is 5.95. The van der Waals surface area contributed by atoms with E-state index < -0.39 is 6.10 Å². The van der Waals surface area contributed by atoms with Crippen molar-refractivity contribution in [2.75, 3.05) is 13.1 Å². The maximum absolute atomic E-state index is 13.3. The van der Waals surface area contributed by atoms with Gasteiger partial charge in [-0.05, 0) is 38.1 Å². The van der Waals surface area contributed by atoms with Crippen LogP contribution in [-0.2, 0) is 11.3 Å². The monoisotopic (exact) mass is 294 g/mol. The Morgan fingerprint density at radius 2 is 2.29 bits per heavy atom. The average molecular weight is 294 g/mol. The molecule has 0 heterocycles. The van der Waals surface area contributed by atoms with Crippen LogP contribution in [-0.4, -0.2) is 25.1 Å². The Morgan fingerprint density at radius 3 is 2.95 bits per heavy atom. The Morgan fingerprint density at radius 1 is 1.52 bits per heavy atom. The molecule has 0 saturated carbocycles. The van der Waals surface area contributed by atoms with E-state index in [4.69, 9.17) is 4.74 Å². The lowest BCUT2D eigenvalue weighted by Crippen LogP contribution is -2.36. The molecule has 1 unspecified atom stereocenters. The highest BCUT2D eigenvalue weighted by atomic mass is 19.1. The first-order valence-electron chi connectivity index (χ1n) is 7.12. The maximum Gasteiger partial charge on any atom is 0.261 e. The Hall–Kier alpha value is -1.88. The summed E-state index contributed by atoms with van der Waals surface area (Å²) in [4.78, 5) is 11.8. The number of carbonyl (C=O) groups excluding carboxylic acids is 1.